The zero-order valence-electron chi connectivity index (χ0n) is 18.1. The van der Waals surface area contributed by atoms with E-state index in [0.29, 0.717) is 6.54 Å². The normalized spacial score (nSPS) is 18.7. The Bertz CT molecular complexity index is 850. The average molecular weight is 432 g/mol. The molecule has 0 atom stereocenters. The van der Waals surface area contributed by atoms with E-state index < -0.39 is 0 Å². The first-order chi connectivity index (χ1) is 14.5. The molecule has 1 N–H and O–H groups in total. The fraction of sp³-hybridized carbons (Fsp3) is 0.458. The van der Waals surface area contributed by atoms with Crippen LogP contribution >= 0.6 is 11.6 Å². The minimum Gasteiger partial charge on any atom is -0.493 e. The van der Waals surface area contributed by atoms with Gasteiger partial charge in [-0.1, -0.05) is 35.9 Å². The third-order valence-electron chi connectivity index (χ3n) is 6.00. The molecule has 3 rings (SSSR count). The van der Waals surface area contributed by atoms with Crippen molar-refractivity contribution in [1.82, 2.24) is 4.90 Å². The average Bonchev–Trinajstić information content (AvgIpc) is 2.78. The summed E-state index contributed by atoms with van der Waals surface area (Å²) in [6.45, 7) is 3.63. The van der Waals surface area contributed by atoms with Crippen molar-refractivity contribution in [3.05, 3.63) is 58.6 Å². The van der Waals surface area contributed by atoms with Crippen molar-refractivity contribution < 1.29 is 19.2 Å². The van der Waals surface area contributed by atoms with E-state index in [0.717, 1.165) is 61.0 Å². The van der Waals surface area contributed by atoms with E-state index >= 15 is 0 Å². The first-order valence-electron chi connectivity index (χ1n) is 10.5. The molecule has 0 unspecified atom stereocenters. The molecule has 2 aromatic carbocycles. The molecule has 1 fully saturated rings. The molecule has 0 spiro atoms. The van der Waals surface area contributed by atoms with Crippen molar-refractivity contribution in [2.75, 3.05) is 40.9 Å². The van der Waals surface area contributed by atoms with Gasteiger partial charge in [0.05, 0.1) is 27.3 Å². The van der Waals surface area contributed by atoms with Gasteiger partial charge in [-0.2, -0.15) is 0 Å². The molecule has 0 saturated carbocycles. The molecule has 162 valence electrons. The Morgan fingerprint density at radius 2 is 1.80 bits per heavy atom. The van der Waals surface area contributed by atoms with Gasteiger partial charge in [0, 0.05) is 42.9 Å². The van der Waals surface area contributed by atoms with E-state index in [4.69, 9.17) is 21.1 Å². The number of likely N-dealkylation sites (tertiary alicyclic amines) is 1. The van der Waals surface area contributed by atoms with Crippen LogP contribution in [-0.2, 0) is 17.8 Å². The smallest absolute Gasteiger partial charge is 0.225 e. The van der Waals surface area contributed by atoms with Crippen LogP contribution in [0, 0.1) is 5.92 Å². The van der Waals surface area contributed by atoms with Gasteiger partial charge >= 0.3 is 0 Å². The zero-order chi connectivity index (χ0) is 21.5. The van der Waals surface area contributed by atoms with Gasteiger partial charge in [-0.05, 0) is 30.2 Å². The van der Waals surface area contributed by atoms with Gasteiger partial charge in [-0.3, -0.25) is 4.79 Å². The number of likely N-dealkylation sites (N-methyl/N-ethyl adjacent to an activating group) is 1. The Morgan fingerprint density at radius 3 is 2.47 bits per heavy atom. The minimum absolute atomic E-state index is 0.121. The summed E-state index contributed by atoms with van der Waals surface area (Å²) in [6.07, 6.45) is 2.65. The predicted octanol–water partition coefficient (Wildman–Crippen LogP) is 2.85. The van der Waals surface area contributed by atoms with Crippen LogP contribution in [0.15, 0.2) is 42.5 Å². The Morgan fingerprint density at radius 1 is 1.10 bits per heavy atom. The van der Waals surface area contributed by atoms with Gasteiger partial charge in [0.2, 0.25) is 5.91 Å². The number of nitrogens with one attached hydrogen (secondary N) is 1. The minimum atomic E-state index is 0.121. The second kappa shape index (κ2) is 10.7. The molecular weight excluding hydrogens is 400 g/mol. The van der Waals surface area contributed by atoms with E-state index in [9.17, 15) is 4.79 Å². The molecule has 0 radical (unpaired) electrons. The van der Waals surface area contributed by atoms with Crippen molar-refractivity contribution in [2.24, 2.45) is 5.92 Å². The molecule has 5 nitrogen and oxygen atoms in total. The summed E-state index contributed by atoms with van der Waals surface area (Å²) >= 11 is 6.30. The maximum atomic E-state index is 12.9. The van der Waals surface area contributed by atoms with Crippen LogP contribution in [-0.4, -0.2) is 51.7 Å². The second-order valence-electron chi connectivity index (χ2n) is 7.99. The molecule has 1 aliphatic heterocycles. The van der Waals surface area contributed by atoms with Crippen LogP contribution < -0.4 is 14.4 Å². The number of carbonyl (C=O) groups is 1. The van der Waals surface area contributed by atoms with Crippen molar-refractivity contribution in [3.8, 4) is 11.5 Å². The van der Waals surface area contributed by atoms with Crippen LogP contribution in [0.4, 0.5) is 0 Å². The number of hydrogen-bond acceptors (Lipinski definition) is 3. The van der Waals surface area contributed by atoms with E-state index in [-0.39, 0.29) is 11.8 Å². The summed E-state index contributed by atoms with van der Waals surface area (Å²) in [5.41, 5.74) is 2.32. The van der Waals surface area contributed by atoms with Crippen LogP contribution in [0.2, 0.25) is 5.02 Å². The van der Waals surface area contributed by atoms with Gasteiger partial charge in [0.15, 0.2) is 11.5 Å². The largest absolute Gasteiger partial charge is 0.493 e. The van der Waals surface area contributed by atoms with Crippen molar-refractivity contribution in [1.29, 1.82) is 0 Å². The number of piperidine rings is 1. The summed E-state index contributed by atoms with van der Waals surface area (Å²) in [5, 5.41) is 0.832. The lowest BCUT2D eigenvalue weighted by molar-refractivity contribution is -0.919. The topological polar surface area (TPSA) is 43.2 Å². The Hall–Kier alpha value is -2.24. The van der Waals surface area contributed by atoms with Crippen LogP contribution in [0.25, 0.3) is 0 Å². The molecule has 6 heteroatoms. The van der Waals surface area contributed by atoms with E-state index in [1.807, 2.05) is 48.3 Å². The van der Waals surface area contributed by atoms with Crippen LogP contribution in [0.1, 0.15) is 24.0 Å². The third-order valence-corrected chi connectivity index (χ3v) is 6.37. The lowest BCUT2D eigenvalue weighted by Gasteiger charge is -2.31. The van der Waals surface area contributed by atoms with Gasteiger partial charge in [-0.15, -0.1) is 0 Å². The molecule has 0 aliphatic carbocycles. The third kappa shape index (κ3) is 5.67. The number of methoxy groups -OCH3 is 2. The van der Waals surface area contributed by atoms with Gasteiger partial charge in [0.25, 0.3) is 0 Å². The van der Waals surface area contributed by atoms with Gasteiger partial charge in [0.1, 0.15) is 6.54 Å². The van der Waals surface area contributed by atoms with Crippen molar-refractivity contribution in [2.45, 2.75) is 25.8 Å². The number of nitrogens with zero attached hydrogens (tertiary/aromatic N) is 1. The first kappa shape index (κ1) is 22.4. The van der Waals surface area contributed by atoms with Crippen molar-refractivity contribution >= 4 is 17.5 Å². The Kier molecular flexibility index (Phi) is 8.00. The Balaban J connectivity index is 1.47. The molecule has 1 amide bonds. The summed E-state index contributed by atoms with van der Waals surface area (Å²) < 4.78 is 10.7. The number of quaternary nitrogens is 1. The number of amides is 1. The van der Waals surface area contributed by atoms with Crippen LogP contribution in [0.3, 0.4) is 0 Å². The molecule has 0 bridgehead atoms. The summed E-state index contributed by atoms with van der Waals surface area (Å²) in [7, 11) is 5.18. The highest BCUT2D eigenvalue weighted by atomic mass is 35.5. The lowest BCUT2D eigenvalue weighted by Crippen LogP contribution is -3.11. The maximum absolute atomic E-state index is 12.9. The number of hydrogen-bond donors (Lipinski definition) is 1. The highest BCUT2D eigenvalue weighted by molar-refractivity contribution is 6.31. The summed E-state index contributed by atoms with van der Waals surface area (Å²) in [6, 6.07) is 13.9. The van der Waals surface area contributed by atoms with Gasteiger partial charge in [-0.25, -0.2) is 0 Å². The van der Waals surface area contributed by atoms with Crippen molar-refractivity contribution in [3.63, 3.8) is 0 Å². The summed E-state index contributed by atoms with van der Waals surface area (Å²) in [4.78, 5) is 16.3. The monoisotopic (exact) mass is 431 g/mol. The van der Waals surface area contributed by atoms with E-state index in [2.05, 4.69) is 6.07 Å². The highest BCUT2D eigenvalue weighted by Crippen LogP contribution is 2.27. The molecule has 30 heavy (non-hydrogen) atoms. The maximum Gasteiger partial charge on any atom is 0.225 e. The highest BCUT2D eigenvalue weighted by Gasteiger charge is 2.29. The second-order valence-corrected chi connectivity index (χ2v) is 8.40. The summed E-state index contributed by atoms with van der Waals surface area (Å²) in [5.74, 6) is 1.82. The number of carbonyl (C=O) groups excluding carboxylic acids is 1. The van der Waals surface area contributed by atoms with E-state index in [1.54, 1.807) is 14.2 Å². The number of halogens is 1. The molecule has 0 aromatic heterocycles. The lowest BCUT2D eigenvalue weighted by atomic mass is 9.95. The number of benzene rings is 2. The fourth-order valence-corrected chi connectivity index (χ4v) is 4.32. The first-order valence-corrected chi connectivity index (χ1v) is 10.9. The standard InChI is InChI=1S/C24H31ClN2O3/c1-26(13-10-18-8-9-22(29-2)23(16-18)30-3)24(28)19-11-14-27(15-12-19)17-20-6-4-5-7-21(20)25/h4-9,16,19H,10-15,17H2,1-3H3/p+1. The molecule has 1 heterocycles. The Labute approximate surface area is 184 Å². The fourth-order valence-electron chi connectivity index (χ4n) is 4.12. The predicted molar refractivity (Wildman–Crippen MR) is 119 cm³/mol. The van der Waals surface area contributed by atoms with Gasteiger partial charge < -0.3 is 19.3 Å². The molecule has 2 aromatic rings. The zero-order valence-corrected chi connectivity index (χ0v) is 18.9. The number of ether oxygens (including phenoxy) is 2. The molecular formula is C24H32ClN2O3+. The number of rotatable bonds is 8. The molecule has 1 aliphatic rings. The molecule has 1 saturated heterocycles. The van der Waals surface area contributed by atoms with Crippen LogP contribution in [0.5, 0.6) is 11.5 Å². The SMILES string of the molecule is COc1ccc(CCN(C)C(=O)C2CC[NH+](Cc3ccccc3Cl)CC2)cc1OC. The quantitative estimate of drug-likeness (QED) is 0.699. The van der Waals surface area contributed by atoms with E-state index in [1.165, 1.54) is 10.5 Å².